The topological polar surface area (TPSA) is 60.9 Å². The van der Waals surface area contributed by atoms with E-state index in [9.17, 15) is 5.11 Å². The Balaban J connectivity index is 2.14. The van der Waals surface area contributed by atoms with Crippen molar-refractivity contribution in [3.8, 4) is 11.3 Å². The van der Waals surface area contributed by atoms with Crippen molar-refractivity contribution < 1.29 is 5.11 Å². The van der Waals surface area contributed by atoms with E-state index in [-0.39, 0.29) is 12.1 Å². The van der Waals surface area contributed by atoms with Crippen LogP contribution in [0.25, 0.3) is 11.3 Å². The molecule has 0 fully saturated rings. The number of H-pyrrole nitrogens is 1. The van der Waals surface area contributed by atoms with E-state index in [2.05, 4.69) is 41.5 Å². The maximum absolute atomic E-state index is 9.61. The number of benzene rings is 1. The molecule has 0 amide bonds. The molecule has 0 radical (unpaired) electrons. The second kappa shape index (κ2) is 6.68. The molecule has 0 saturated heterocycles. The third-order valence-electron chi connectivity index (χ3n) is 4.09. The Bertz CT molecular complexity index is 509. The highest BCUT2D eigenvalue weighted by Crippen LogP contribution is 2.22. The summed E-state index contributed by atoms with van der Waals surface area (Å²) >= 11 is 0. The zero-order valence-electron chi connectivity index (χ0n) is 12.2. The van der Waals surface area contributed by atoms with Crippen LogP contribution >= 0.6 is 0 Å². The highest BCUT2D eigenvalue weighted by Gasteiger charge is 2.24. The third kappa shape index (κ3) is 3.08. The molecule has 4 nitrogen and oxygen atoms in total. The first-order valence-corrected chi connectivity index (χ1v) is 7.18. The zero-order valence-corrected chi connectivity index (χ0v) is 12.2. The third-order valence-corrected chi connectivity index (χ3v) is 4.09. The van der Waals surface area contributed by atoms with Gasteiger partial charge in [-0.25, -0.2) is 0 Å². The Kier molecular flexibility index (Phi) is 4.93. The van der Waals surface area contributed by atoms with Crippen molar-refractivity contribution in [2.45, 2.75) is 38.8 Å². The Hall–Kier alpha value is -1.65. The summed E-state index contributed by atoms with van der Waals surface area (Å²) in [6.45, 7) is 5.04. The van der Waals surface area contributed by atoms with Gasteiger partial charge in [0.05, 0.1) is 18.5 Å². The van der Waals surface area contributed by atoms with Gasteiger partial charge in [-0.1, -0.05) is 44.2 Å². The van der Waals surface area contributed by atoms with Gasteiger partial charge < -0.3 is 10.4 Å². The molecule has 2 aromatic rings. The van der Waals surface area contributed by atoms with Gasteiger partial charge in [-0.2, -0.15) is 5.10 Å². The minimum absolute atomic E-state index is 0.151. The molecule has 0 spiro atoms. The maximum atomic E-state index is 9.61. The molecule has 0 bridgehead atoms. The van der Waals surface area contributed by atoms with Crippen LogP contribution in [-0.2, 0) is 6.54 Å². The number of nitrogens with one attached hydrogen (secondary N) is 2. The average molecular weight is 273 g/mol. The van der Waals surface area contributed by atoms with Crippen LogP contribution in [-0.4, -0.2) is 27.4 Å². The van der Waals surface area contributed by atoms with Gasteiger partial charge in [0.1, 0.15) is 0 Å². The van der Waals surface area contributed by atoms with Crippen molar-refractivity contribution in [1.29, 1.82) is 0 Å². The molecule has 0 unspecified atom stereocenters. The number of hydrogen-bond donors (Lipinski definition) is 3. The van der Waals surface area contributed by atoms with Crippen molar-refractivity contribution in [2.24, 2.45) is 0 Å². The fourth-order valence-corrected chi connectivity index (χ4v) is 2.36. The van der Waals surface area contributed by atoms with E-state index in [4.69, 9.17) is 0 Å². The molecular weight excluding hydrogens is 250 g/mol. The van der Waals surface area contributed by atoms with Crippen LogP contribution in [0.4, 0.5) is 0 Å². The summed E-state index contributed by atoms with van der Waals surface area (Å²) < 4.78 is 0. The lowest BCUT2D eigenvalue weighted by molar-refractivity contribution is 0.149. The van der Waals surface area contributed by atoms with E-state index in [0.29, 0.717) is 6.54 Å². The van der Waals surface area contributed by atoms with Gasteiger partial charge >= 0.3 is 0 Å². The van der Waals surface area contributed by atoms with E-state index in [0.717, 1.165) is 29.7 Å². The van der Waals surface area contributed by atoms with Crippen LogP contribution in [0.5, 0.6) is 0 Å². The molecule has 1 aromatic heterocycles. The highest BCUT2D eigenvalue weighted by molar-refractivity contribution is 5.62. The van der Waals surface area contributed by atoms with Gasteiger partial charge in [0.25, 0.3) is 0 Å². The molecule has 20 heavy (non-hydrogen) atoms. The Morgan fingerprint density at radius 1 is 1.20 bits per heavy atom. The van der Waals surface area contributed by atoms with Crippen LogP contribution in [0.1, 0.15) is 32.3 Å². The number of aromatic amines is 1. The number of aliphatic hydroxyl groups is 1. The van der Waals surface area contributed by atoms with Crippen molar-refractivity contribution in [1.82, 2.24) is 15.5 Å². The number of aromatic nitrogens is 2. The van der Waals surface area contributed by atoms with Gasteiger partial charge in [-0.3, -0.25) is 5.10 Å². The van der Waals surface area contributed by atoms with Crippen molar-refractivity contribution in [3.63, 3.8) is 0 Å². The second-order valence-electron chi connectivity index (χ2n) is 5.14. The molecule has 0 saturated carbocycles. The standard InChI is InChI=1S/C16H23N3O/c1-3-16(4-2,12-20)17-10-14-11-18-19-15(14)13-8-6-5-7-9-13/h5-9,11,17,20H,3-4,10,12H2,1-2H3,(H,18,19). The molecule has 0 aliphatic rings. The van der Waals surface area contributed by atoms with Gasteiger partial charge in [0.2, 0.25) is 0 Å². The zero-order chi connectivity index (χ0) is 14.4. The van der Waals surface area contributed by atoms with Crippen LogP contribution in [0.15, 0.2) is 36.5 Å². The van der Waals surface area contributed by atoms with Crippen molar-refractivity contribution >= 4 is 0 Å². The molecule has 2 rings (SSSR count). The largest absolute Gasteiger partial charge is 0.394 e. The summed E-state index contributed by atoms with van der Waals surface area (Å²) in [7, 11) is 0. The summed E-state index contributed by atoms with van der Waals surface area (Å²) in [5.41, 5.74) is 3.09. The number of rotatable bonds is 7. The Morgan fingerprint density at radius 2 is 1.90 bits per heavy atom. The quantitative estimate of drug-likeness (QED) is 0.727. The van der Waals surface area contributed by atoms with E-state index < -0.39 is 0 Å². The monoisotopic (exact) mass is 273 g/mol. The molecule has 0 aliphatic heterocycles. The van der Waals surface area contributed by atoms with Crippen LogP contribution in [0, 0.1) is 0 Å². The molecule has 4 heteroatoms. The van der Waals surface area contributed by atoms with Crippen molar-refractivity contribution in [3.05, 3.63) is 42.1 Å². The first-order chi connectivity index (χ1) is 9.74. The van der Waals surface area contributed by atoms with E-state index in [1.165, 1.54) is 0 Å². The predicted molar refractivity (Wildman–Crippen MR) is 81.3 cm³/mol. The lowest BCUT2D eigenvalue weighted by Crippen LogP contribution is -2.47. The van der Waals surface area contributed by atoms with Crippen LogP contribution in [0.2, 0.25) is 0 Å². The molecule has 1 heterocycles. The molecule has 1 aromatic carbocycles. The summed E-state index contributed by atoms with van der Waals surface area (Å²) in [6, 6.07) is 10.2. The normalized spacial score (nSPS) is 11.8. The fourth-order valence-electron chi connectivity index (χ4n) is 2.36. The first kappa shape index (κ1) is 14.8. The average Bonchev–Trinajstić information content (AvgIpc) is 2.99. The summed E-state index contributed by atoms with van der Waals surface area (Å²) in [5.74, 6) is 0. The van der Waals surface area contributed by atoms with Crippen LogP contribution in [0.3, 0.4) is 0 Å². The first-order valence-electron chi connectivity index (χ1n) is 7.18. The summed E-state index contributed by atoms with van der Waals surface area (Å²) in [4.78, 5) is 0. The molecule has 108 valence electrons. The number of hydrogen-bond acceptors (Lipinski definition) is 3. The highest BCUT2D eigenvalue weighted by atomic mass is 16.3. The predicted octanol–water partition coefficient (Wildman–Crippen LogP) is 2.72. The van der Waals surface area contributed by atoms with Gasteiger partial charge in [0.15, 0.2) is 0 Å². The SMILES string of the molecule is CCC(CC)(CO)NCc1cn[nH]c1-c1ccccc1. The minimum Gasteiger partial charge on any atom is -0.394 e. The molecule has 3 N–H and O–H groups in total. The van der Waals surface area contributed by atoms with Crippen molar-refractivity contribution in [2.75, 3.05) is 6.61 Å². The summed E-state index contributed by atoms with van der Waals surface area (Å²) in [6.07, 6.45) is 3.65. The van der Waals surface area contributed by atoms with E-state index in [1.807, 2.05) is 24.4 Å². The Morgan fingerprint density at radius 3 is 2.50 bits per heavy atom. The van der Waals surface area contributed by atoms with E-state index in [1.54, 1.807) is 0 Å². The fraction of sp³-hybridized carbons (Fsp3) is 0.438. The number of aliphatic hydroxyl groups excluding tert-OH is 1. The smallest absolute Gasteiger partial charge is 0.0695 e. The second-order valence-corrected chi connectivity index (χ2v) is 5.14. The van der Waals surface area contributed by atoms with E-state index >= 15 is 0 Å². The van der Waals surface area contributed by atoms with Gasteiger partial charge in [-0.15, -0.1) is 0 Å². The lowest BCUT2D eigenvalue weighted by atomic mass is 9.93. The molecule has 0 atom stereocenters. The summed E-state index contributed by atoms with van der Waals surface area (Å²) in [5, 5.41) is 20.3. The minimum atomic E-state index is -0.203. The number of nitrogens with zero attached hydrogens (tertiary/aromatic N) is 1. The maximum Gasteiger partial charge on any atom is 0.0695 e. The lowest BCUT2D eigenvalue weighted by Gasteiger charge is -2.31. The Labute approximate surface area is 120 Å². The molecular formula is C16H23N3O. The van der Waals surface area contributed by atoms with Gasteiger partial charge in [0, 0.05) is 17.6 Å². The van der Waals surface area contributed by atoms with Gasteiger partial charge in [-0.05, 0) is 18.4 Å². The molecule has 0 aliphatic carbocycles. The van der Waals surface area contributed by atoms with Crippen LogP contribution < -0.4 is 5.32 Å².